The summed E-state index contributed by atoms with van der Waals surface area (Å²) < 4.78 is 1.39. The molecule has 2 aromatic heterocycles. The van der Waals surface area contributed by atoms with Crippen LogP contribution in [0.15, 0.2) is 58.4 Å². The zero-order valence-corrected chi connectivity index (χ0v) is 15.6. The van der Waals surface area contributed by atoms with Crippen molar-refractivity contribution in [2.24, 2.45) is 0 Å². The van der Waals surface area contributed by atoms with E-state index in [0.29, 0.717) is 29.1 Å². The Kier molecular flexibility index (Phi) is 4.46. The molecule has 0 atom stereocenters. The lowest BCUT2D eigenvalue weighted by Gasteiger charge is -2.30. The SMILES string of the molecule is CSc1c(C#N)c(=O)n2ccccc2c1C(=O)N1CCc2ccccc2C1. The largest absolute Gasteiger partial charge is 0.334 e. The van der Waals surface area contributed by atoms with Gasteiger partial charge in [-0.05, 0) is 35.9 Å². The molecule has 1 aliphatic rings. The highest BCUT2D eigenvalue weighted by molar-refractivity contribution is 7.98. The Labute approximate surface area is 160 Å². The van der Waals surface area contributed by atoms with Crippen molar-refractivity contribution in [2.75, 3.05) is 12.8 Å². The van der Waals surface area contributed by atoms with Gasteiger partial charge in [-0.1, -0.05) is 30.3 Å². The van der Waals surface area contributed by atoms with Gasteiger partial charge in [-0.3, -0.25) is 14.0 Å². The molecule has 1 amide bonds. The zero-order chi connectivity index (χ0) is 19.0. The highest BCUT2D eigenvalue weighted by atomic mass is 32.2. The van der Waals surface area contributed by atoms with Crippen molar-refractivity contribution in [2.45, 2.75) is 17.9 Å². The third-order valence-electron chi connectivity index (χ3n) is 4.95. The Morgan fingerprint density at radius 2 is 1.89 bits per heavy atom. The normalized spacial score (nSPS) is 13.3. The number of hydrogen-bond acceptors (Lipinski definition) is 4. The van der Waals surface area contributed by atoms with Crippen molar-refractivity contribution in [3.8, 4) is 6.07 Å². The smallest absolute Gasteiger partial charge is 0.274 e. The quantitative estimate of drug-likeness (QED) is 0.646. The molecule has 3 aromatic rings. The Balaban J connectivity index is 1.89. The fourth-order valence-electron chi connectivity index (χ4n) is 3.62. The molecule has 1 aromatic carbocycles. The summed E-state index contributed by atoms with van der Waals surface area (Å²) in [5.74, 6) is -0.144. The van der Waals surface area contributed by atoms with Gasteiger partial charge < -0.3 is 4.90 Å². The number of rotatable bonds is 2. The van der Waals surface area contributed by atoms with Gasteiger partial charge >= 0.3 is 0 Å². The van der Waals surface area contributed by atoms with Crippen LogP contribution in [0.25, 0.3) is 5.52 Å². The van der Waals surface area contributed by atoms with Gasteiger partial charge in [-0.2, -0.15) is 5.26 Å². The number of aromatic nitrogens is 1. The summed E-state index contributed by atoms with van der Waals surface area (Å²) in [5, 5.41) is 9.54. The molecule has 3 heterocycles. The van der Waals surface area contributed by atoms with Gasteiger partial charge in [0.1, 0.15) is 11.6 Å². The first-order valence-corrected chi connectivity index (χ1v) is 9.85. The maximum Gasteiger partial charge on any atom is 0.274 e. The standard InChI is InChI=1S/C21H17N3O2S/c1-27-19-16(12-22)20(25)24-10-5-4-8-17(24)18(19)21(26)23-11-9-14-6-2-3-7-15(14)13-23/h2-8,10H,9,11,13H2,1H3. The summed E-state index contributed by atoms with van der Waals surface area (Å²) in [4.78, 5) is 28.4. The molecule has 0 saturated carbocycles. The molecule has 1 aliphatic heterocycles. The lowest BCUT2D eigenvalue weighted by Crippen LogP contribution is -2.37. The highest BCUT2D eigenvalue weighted by Crippen LogP contribution is 2.29. The number of amides is 1. The summed E-state index contributed by atoms with van der Waals surface area (Å²) in [6.07, 6.45) is 4.19. The first-order chi connectivity index (χ1) is 13.2. The summed E-state index contributed by atoms with van der Waals surface area (Å²) >= 11 is 1.27. The van der Waals surface area contributed by atoms with Crippen molar-refractivity contribution in [3.63, 3.8) is 0 Å². The van der Waals surface area contributed by atoms with E-state index in [1.54, 1.807) is 35.6 Å². The molecule has 0 aliphatic carbocycles. The highest BCUT2D eigenvalue weighted by Gasteiger charge is 2.28. The Bertz CT molecular complexity index is 1160. The number of fused-ring (bicyclic) bond motifs is 2. The van der Waals surface area contributed by atoms with E-state index in [0.717, 1.165) is 12.0 Å². The number of nitrogens with zero attached hydrogens (tertiary/aromatic N) is 3. The van der Waals surface area contributed by atoms with Crippen LogP contribution in [0.4, 0.5) is 0 Å². The molecular weight excluding hydrogens is 358 g/mol. The maximum atomic E-state index is 13.5. The van der Waals surface area contributed by atoms with E-state index in [-0.39, 0.29) is 11.5 Å². The lowest BCUT2D eigenvalue weighted by molar-refractivity contribution is 0.0732. The van der Waals surface area contributed by atoms with Gasteiger partial charge in [0.25, 0.3) is 11.5 Å². The fraction of sp³-hybridized carbons (Fsp3) is 0.190. The fourth-order valence-corrected chi connectivity index (χ4v) is 4.35. The Hall–Kier alpha value is -3.04. The first-order valence-electron chi connectivity index (χ1n) is 8.63. The molecular formula is C21H17N3O2S. The van der Waals surface area contributed by atoms with Crippen LogP contribution in [-0.4, -0.2) is 28.0 Å². The van der Waals surface area contributed by atoms with Gasteiger partial charge in [0.05, 0.1) is 11.1 Å². The second-order valence-corrected chi connectivity index (χ2v) is 7.22. The summed E-state index contributed by atoms with van der Waals surface area (Å²) in [7, 11) is 0. The van der Waals surface area contributed by atoms with E-state index in [9.17, 15) is 14.9 Å². The van der Waals surface area contributed by atoms with Crippen LogP contribution < -0.4 is 5.56 Å². The van der Waals surface area contributed by atoms with Crippen molar-refractivity contribution in [1.29, 1.82) is 5.26 Å². The molecule has 0 unspecified atom stereocenters. The van der Waals surface area contributed by atoms with E-state index in [2.05, 4.69) is 6.07 Å². The van der Waals surface area contributed by atoms with Crippen molar-refractivity contribution >= 4 is 23.2 Å². The minimum atomic E-state index is -0.391. The topological polar surface area (TPSA) is 65.6 Å². The molecule has 0 radical (unpaired) electrons. The number of hydrogen-bond donors (Lipinski definition) is 0. The van der Waals surface area contributed by atoms with Gasteiger partial charge in [0.15, 0.2) is 0 Å². The second kappa shape index (κ2) is 6.93. The van der Waals surface area contributed by atoms with Crippen LogP contribution in [0.5, 0.6) is 0 Å². The number of benzene rings is 1. The van der Waals surface area contributed by atoms with Gasteiger partial charge in [0, 0.05) is 24.2 Å². The number of carbonyl (C=O) groups is 1. The zero-order valence-electron chi connectivity index (χ0n) is 14.8. The Morgan fingerprint density at radius 3 is 2.63 bits per heavy atom. The van der Waals surface area contributed by atoms with E-state index < -0.39 is 5.56 Å². The number of pyridine rings is 2. The van der Waals surface area contributed by atoms with Crippen LogP contribution in [0, 0.1) is 11.3 Å². The van der Waals surface area contributed by atoms with E-state index >= 15 is 0 Å². The molecule has 6 heteroatoms. The molecule has 0 saturated heterocycles. The van der Waals surface area contributed by atoms with E-state index in [1.807, 2.05) is 24.3 Å². The molecule has 0 fully saturated rings. The average molecular weight is 375 g/mol. The first kappa shape index (κ1) is 17.4. The molecule has 0 bridgehead atoms. The van der Waals surface area contributed by atoms with Crippen LogP contribution in [0.2, 0.25) is 0 Å². The molecule has 0 N–H and O–H groups in total. The summed E-state index contributed by atoms with van der Waals surface area (Å²) in [6.45, 7) is 1.15. The predicted octanol–water partition coefficient (Wildman–Crippen LogP) is 3.09. The van der Waals surface area contributed by atoms with Gasteiger partial charge in [-0.15, -0.1) is 11.8 Å². The van der Waals surface area contributed by atoms with Crippen LogP contribution in [-0.2, 0) is 13.0 Å². The van der Waals surface area contributed by atoms with Crippen molar-refractivity contribution in [3.05, 3.63) is 81.3 Å². The lowest BCUT2D eigenvalue weighted by atomic mass is 9.99. The van der Waals surface area contributed by atoms with Crippen LogP contribution >= 0.6 is 11.8 Å². The second-order valence-electron chi connectivity index (χ2n) is 6.40. The molecule has 4 rings (SSSR count). The van der Waals surface area contributed by atoms with E-state index in [4.69, 9.17) is 0 Å². The minimum absolute atomic E-state index is 0.0203. The molecule has 134 valence electrons. The Morgan fingerprint density at radius 1 is 1.15 bits per heavy atom. The monoisotopic (exact) mass is 375 g/mol. The molecule has 27 heavy (non-hydrogen) atoms. The van der Waals surface area contributed by atoms with Gasteiger partial charge in [-0.25, -0.2) is 0 Å². The van der Waals surface area contributed by atoms with Gasteiger partial charge in [0.2, 0.25) is 0 Å². The van der Waals surface area contributed by atoms with Crippen molar-refractivity contribution < 1.29 is 4.79 Å². The van der Waals surface area contributed by atoms with E-state index in [1.165, 1.54) is 21.7 Å². The third kappa shape index (κ3) is 2.81. The van der Waals surface area contributed by atoms with Crippen molar-refractivity contribution in [1.82, 2.24) is 9.30 Å². The number of nitriles is 1. The average Bonchev–Trinajstić information content (AvgIpc) is 2.72. The number of thioether (sulfide) groups is 1. The predicted molar refractivity (Wildman–Crippen MR) is 105 cm³/mol. The third-order valence-corrected chi connectivity index (χ3v) is 5.77. The molecule has 0 spiro atoms. The summed E-state index contributed by atoms with van der Waals surface area (Å²) in [5.41, 5.74) is 3.00. The minimum Gasteiger partial charge on any atom is -0.334 e. The van der Waals surface area contributed by atoms with Crippen LogP contribution in [0.3, 0.4) is 0 Å². The summed E-state index contributed by atoms with van der Waals surface area (Å²) in [6, 6.07) is 15.4. The number of carbonyl (C=O) groups excluding carboxylic acids is 1. The molecule has 5 nitrogen and oxygen atoms in total. The maximum absolute atomic E-state index is 13.5. The van der Waals surface area contributed by atoms with Crippen LogP contribution in [0.1, 0.15) is 27.0 Å².